The molecule has 0 fully saturated rings. The van der Waals surface area contributed by atoms with E-state index in [-0.39, 0.29) is 16.9 Å². The summed E-state index contributed by atoms with van der Waals surface area (Å²) in [5, 5.41) is 3.86. The van der Waals surface area contributed by atoms with Crippen LogP contribution in [0.15, 0.2) is 36.5 Å². The Hall–Kier alpha value is -1.32. The topological polar surface area (TPSA) is 24.9 Å². The lowest BCUT2D eigenvalue weighted by Gasteiger charge is -2.16. The van der Waals surface area contributed by atoms with E-state index in [1.165, 1.54) is 12.3 Å². The van der Waals surface area contributed by atoms with Gasteiger partial charge in [-0.3, -0.25) is 0 Å². The average Bonchev–Trinajstić information content (AvgIpc) is 2.33. The number of rotatable bonds is 3. The summed E-state index contributed by atoms with van der Waals surface area (Å²) in [5.74, 6) is -0.326. The van der Waals surface area contributed by atoms with Gasteiger partial charge in [0.05, 0.1) is 11.1 Å². The van der Waals surface area contributed by atoms with E-state index in [0.29, 0.717) is 5.02 Å². The van der Waals surface area contributed by atoms with Gasteiger partial charge in [-0.05, 0) is 24.6 Å². The lowest BCUT2D eigenvalue weighted by molar-refractivity contribution is 0.621. The Kier molecular flexibility index (Phi) is 4.04. The molecule has 1 aromatic carbocycles. The highest BCUT2D eigenvalue weighted by molar-refractivity contribution is 6.31. The molecule has 0 saturated heterocycles. The zero-order valence-electron chi connectivity index (χ0n) is 9.62. The number of anilines is 1. The first-order valence-corrected chi connectivity index (χ1v) is 6.15. The van der Waals surface area contributed by atoms with Gasteiger partial charge in [0, 0.05) is 11.2 Å². The maximum absolute atomic E-state index is 13.6. The largest absolute Gasteiger partial charge is 0.361 e. The molecule has 0 bridgehead atoms. The van der Waals surface area contributed by atoms with Crippen molar-refractivity contribution in [1.82, 2.24) is 4.98 Å². The first-order valence-electron chi connectivity index (χ1n) is 5.40. The van der Waals surface area contributed by atoms with Crippen molar-refractivity contribution in [3.8, 4) is 0 Å². The van der Waals surface area contributed by atoms with Crippen LogP contribution in [-0.4, -0.2) is 4.98 Å². The van der Waals surface area contributed by atoms with E-state index in [9.17, 15) is 4.39 Å². The Labute approximate surface area is 115 Å². The summed E-state index contributed by atoms with van der Waals surface area (Å²) in [6.45, 7) is 1.89. The van der Waals surface area contributed by atoms with Crippen LogP contribution in [0.5, 0.6) is 0 Å². The predicted molar refractivity (Wildman–Crippen MR) is 72.7 cm³/mol. The van der Waals surface area contributed by atoms with Gasteiger partial charge < -0.3 is 5.32 Å². The van der Waals surface area contributed by atoms with Gasteiger partial charge in [0.1, 0.15) is 0 Å². The van der Waals surface area contributed by atoms with Crippen LogP contribution < -0.4 is 5.32 Å². The van der Waals surface area contributed by atoms with Crippen LogP contribution in [0.4, 0.5) is 10.2 Å². The van der Waals surface area contributed by atoms with Crippen LogP contribution >= 0.6 is 23.2 Å². The van der Waals surface area contributed by atoms with Gasteiger partial charge in [-0.15, -0.1) is 0 Å². The highest BCUT2D eigenvalue weighted by Gasteiger charge is 2.12. The Balaban J connectivity index is 2.21. The highest BCUT2D eigenvalue weighted by Crippen LogP contribution is 2.26. The summed E-state index contributed by atoms with van der Waals surface area (Å²) in [6.07, 6.45) is 1.40. The highest BCUT2D eigenvalue weighted by atomic mass is 35.5. The zero-order valence-corrected chi connectivity index (χ0v) is 11.1. The van der Waals surface area contributed by atoms with E-state index in [1.54, 1.807) is 6.07 Å². The van der Waals surface area contributed by atoms with Crippen LogP contribution in [0.25, 0.3) is 0 Å². The van der Waals surface area contributed by atoms with Gasteiger partial charge >= 0.3 is 0 Å². The molecule has 1 atom stereocenters. The van der Waals surface area contributed by atoms with Crippen LogP contribution in [0.1, 0.15) is 18.5 Å². The molecule has 1 aromatic heterocycles. The lowest BCUT2D eigenvalue weighted by Crippen LogP contribution is -2.09. The summed E-state index contributed by atoms with van der Waals surface area (Å²) in [7, 11) is 0. The molecule has 0 amide bonds. The minimum atomic E-state index is -0.485. The van der Waals surface area contributed by atoms with Gasteiger partial charge in [0.25, 0.3) is 0 Å². The molecule has 0 radical (unpaired) electrons. The minimum Gasteiger partial charge on any atom is -0.361 e. The first-order chi connectivity index (χ1) is 8.58. The SMILES string of the molecule is CC(Nc1ncc(Cl)cc1F)c1ccccc1Cl. The molecule has 18 heavy (non-hydrogen) atoms. The number of nitrogens with one attached hydrogen (secondary N) is 1. The molecule has 94 valence electrons. The van der Waals surface area contributed by atoms with Crippen LogP contribution in [-0.2, 0) is 0 Å². The molecule has 1 unspecified atom stereocenters. The lowest BCUT2D eigenvalue weighted by atomic mass is 10.1. The summed E-state index contributed by atoms with van der Waals surface area (Å²) in [4.78, 5) is 3.91. The second kappa shape index (κ2) is 5.55. The van der Waals surface area contributed by atoms with Crippen molar-refractivity contribution in [2.24, 2.45) is 0 Å². The fourth-order valence-corrected chi connectivity index (χ4v) is 2.07. The molecule has 2 aromatic rings. The molecule has 0 spiro atoms. The van der Waals surface area contributed by atoms with E-state index in [2.05, 4.69) is 10.3 Å². The summed E-state index contributed by atoms with van der Waals surface area (Å²) in [6, 6.07) is 8.47. The standard InChI is InChI=1S/C13H11Cl2FN2/c1-8(10-4-2-3-5-11(10)15)18-13-12(16)6-9(14)7-17-13/h2-8H,1H3,(H,17,18). The third-order valence-electron chi connectivity index (χ3n) is 2.53. The minimum absolute atomic E-state index is 0.151. The van der Waals surface area contributed by atoms with Crippen LogP contribution in [0.2, 0.25) is 10.0 Å². The van der Waals surface area contributed by atoms with Crippen molar-refractivity contribution >= 4 is 29.0 Å². The number of nitrogens with zero attached hydrogens (tertiary/aromatic N) is 1. The molecule has 0 aliphatic heterocycles. The molecule has 2 rings (SSSR count). The van der Waals surface area contributed by atoms with E-state index in [0.717, 1.165) is 5.56 Å². The van der Waals surface area contributed by atoms with E-state index in [1.807, 2.05) is 25.1 Å². The average molecular weight is 285 g/mol. The number of aromatic nitrogens is 1. The molecule has 0 aliphatic carbocycles. The molecule has 0 saturated carbocycles. The van der Waals surface area contributed by atoms with Crippen molar-refractivity contribution in [2.45, 2.75) is 13.0 Å². The zero-order chi connectivity index (χ0) is 13.1. The van der Waals surface area contributed by atoms with E-state index in [4.69, 9.17) is 23.2 Å². The molecular formula is C13H11Cl2FN2. The molecular weight excluding hydrogens is 274 g/mol. The number of hydrogen-bond donors (Lipinski definition) is 1. The molecule has 2 nitrogen and oxygen atoms in total. The molecule has 5 heteroatoms. The van der Waals surface area contributed by atoms with E-state index < -0.39 is 5.82 Å². The van der Waals surface area contributed by atoms with Crippen molar-refractivity contribution in [3.63, 3.8) is 0 Å². The van der Waals surface area contributed by atoms with Gasteiger partial charge in [0.15, 0.2) is 11.6 Å². The number of pyridine rings is 1. The normalized spacial score (nSPS) is 12.2. The summed E-state index contributed by atoms with van der Waals surface area (Å²) >= 11 is 11.7. The fourth-order valence-electron chi connectivity index (χ4n) is 1.63. The number of benzene rings is 1. The van der Waals surface area contributed by atoms with Crippen molar-refractivity contribution in [1.29, 1.82) is 0 Å². The molecule has 1 heterocycles. The Morgan fingerprint density at radius 3 is 2.67 bits per heavy atom. The van der Waals surface area contributed by atoms with Crippen LogP contribution in [0, 0.1) is 5.82 Å². The quantitative estimate of drug-likeness (QED) is 0.884. The number of hydrogen-bond acceptors (Lipinski definition) is 2. The fraction of sp³-hybridized carbons (Fsp3) is 0.154. The van der Waals surface area contributed by atoms with Gasteiger partial charge in [-0.2, -0.15) is 0 Å². The second-order valence-electron chi connectivity index (χ2n) is 3.87. The monoisotopic (exact) mass is 284 g/mol. The van der Waals surface area contributed by atoms with Crippen molar-refractivity contribution in [3.05, 3.63) is 58.0 Å². The van der Waals surface area contributed by atoms with Gasteiger partial charge in [-0.25, -0.2) is 9.37 Å². The molecule has 1 N–H and O–H groups in total. The smallest absolute Gasteiger partial charge is 0.166 e. The Morgan fingerprint density at radius 1 is 1.28 bits per heavy atom. The maximum Gasteiger partial charge on any atom is 0.166 e. The Bertz CT molecular complexity index is 560. The maximum atomic E-state index is 13.6. The predicted octanol–water partition coefficient (Wildman–Crippen LogP) is 4.70. The van der Waals surface area contributed by atoms with Gasteiger partial charge in [-0.1, -0.05) is 41.4 Å². The summed E-state index contributed by atoms with van der Waals surface area (Å²) < 4.78 is 13.6. The Morgan fingerprint density at radius 2 is 2.00 bits per heavy atom. The summed E-state index contributed by atoms with van der Waals surface area (Å²) in [5.41, 5.74) is 0.885. The van der Waals surface area contributed by atoms with Gasteiger partial charge in [0.2, 0.25) is 0 Å². The second-order valence-corrected chi connectivity index (χ2v) is 4.72. The third kappa shape index (κ3) is 2.92. The number of halogens is 3. The van der Waals surface area contributed by atoms with Crippen molar-refractivity contribution in [2.75, 3.05) is 5.32 Å². The third-order valence-corrected chi connectivity index (χ3v) is 3.08. The first kappa shape index (κ1) is 13.1. The molecule has 0 aliphatic rings. The van der Waals surface area contributed by atoms with Crippen LogP contribution in [0.3, 0.4) is 0 Å². The van der Waals surface area contributed by atoms with Crippen molar-refractivity contribution < 1.29 is 4.39 Å². The van der Waals surface area contributed by atoms with E-state index >= 15 is 0 Å².